The summed E-state index contributed by atoms with van der Waals surface area (Å²) in [4.78, 5) is 42.4. The predicted octanol–water partition coefficient (Wildman–Crippen LogP) is 3.60. The van der Waals surface area contributed by atoms with E-state index in [0.29, 0.717) is 37.8 Å². The Morgan fingerprint density at radius 2 is 1.86 bits per heavy atom. The predicted molar refractivity (Wildman–Crippen MR) is 158 cm³/mol. The van der Waals surface area contributed by atoms with Gasteiger partial charge < -0.3 is 25.0 Å². The number of rotatable bonds is 7. The number of aromatic nitrogens is 3. The minimum Gasteiger partial charge on any atom is -0.444 e. The van der Waals surface area contributed by atoms with Crippen LogP contribution in [0.25, 0.3) is 0 Å². The Morgan fingerprint density at radius 3 is 2.65 bits per heavy atom. The molecule has 43 heavy (non-hydrogen) atoms. The number of hydrogen-bond acceptors (Lipinski definition) is 7. The Bertz CT molecular complexity index is 1360. The van der Waals surface area contributed by atoms with Crippen LogP contribution in [0, 0.1) is 12.3 Å². The number of benzene rings is 1. The van der Waals surface area contributed by atoms with Crippen molar-refractivity contribution in [2.24, 2.45) is 0 Å². The van der Waals surface area contributed by atoms with Crippen LogP contribution in [0.3, 0.4) is 0 Å². The van der Waals surface area contributed by atoms with Crippen LogP contribution >= 0.6 is 0 Å². The average molecular weight is 591 g/mol. The molecule has 5 rings (SSSR count). The maximum Gasteiger partial charge on any atom is 0.408 e. The van der Waals surface area contributed by atoms with Crippen molar-refractivity contribution in [3.8, 4) is 12.3 Å². The van der Waals surface area contributed by atoms with Crippen LogP contribution in [0.1, 0.15) is 94.6 Å². The van der Waals surface area contributed by atoms with Gasteiger partial charge in [-0.05, 0) is 83.3 Å². The average Bonchev–Trinajstić information content (AvgIpc) is 3.60. The second kappa shape index (κ2) is 13.2. The van der Waals surface area contributed by atoms with Crippen molar-refractivity contribution in [3.05, 3.63) is 47.3 Å². The summed E-state index contributed by atoms with van der Waals surface area (Å²) in [6.07, 6.45) is 12.1. The van der Waals surface area contributed by atoms with Gasteiger partial charge in [0.1, 0.15) is 30.0 Å². The minimum absolute atomic E-state index is 0.0879. The van der Waals surface area contributed by atoms with Gasteiger partial charge in [-0.3, -0.25) is 9.59 Å². The van der Waals surface area contributed by atoms with Gasteiger partial charge in [-0.15, -0.1) is 11.5 Å². The molecule has 0 radical (unpaired) electrons. The van der Waals surface area contributed by atoms with Crippen molar-refractivity contribution in [2.75, 3.05) is 6.61 Å². The van der Waals surface area contributed by atoms with Crippen LogP contribution in [0.5, 0.6) is 0 Å². The molecule has 1 unspecified atom stereocenters. The van der Waals surface area contributed by atoms with Gasteiger partial charge in [-0.1, -0.05) is 35.4 Å². The molecule has 1 aromatic carbocycles. The van der Waals surface area contributed by atoms with Gasteiger partial charge in [0.2, 0.25) is 11.8 Å². The van der Waals surface area contributed by atoms with Crippen molar-refractivity contribution in [2.45, 2.75) is 115 Å². The van der Waals surface area contributed by atoms with E-state index in [2.05, 4.69) is 39.0 Å². The molecule has 2 aliphatic heterocycles. The van der Waals surface area contributed by atoms with Gasteiger partial charge >= 0.3 is 6.09 Å². The fourth-order valence-corrected chi connectivity index (χ4v) is 6.57. The number of carbonyl (C=O) groups excluding carboxylic acids is 3. The normalized spacial score (nSPS) is 25.5. The maximum atomic E-state index is 14.1. The highest BCUT2D eigenvalue weighted by Crippen LogP contribution is 2.36. The highest BCUT2D eigenvalue weighted by atomic mass is 16.6. The van der Waals surface area contributed by atoms with E-state index in [9.17, 15) is 14.4 Å². The lowest BCUT2D eigenvalue weighted by Crippen LogP contribution is -2.57. The summed E-state index contributed by atoms with van der Waals surface area (Å²) < 4.78 is 12.7. The summed E-state index contributed by atoms with van der Waals surface area (Å²) in [6, 6.07) is 6.38. The highest BCUT2D eigenvalue weighted by Gasteiger charge is 2.46. The molecule has 5 atom stereocenters. The second-order valence-electron chi connectivity index (χ2n) is 12.7. The number of alkyl carbamates (subject to hydrolysis) is 1. The molecule has 0 spiro atoms. The lowest BCUT2D eigenvalue weighted by molar-refractivity contribution is -0.143. The molecule has 3 aliphatic rings. The molecule has 11 nitrogen and oxygen atoms in total. The van der Waals surface area contributed by atoms with E-state index in [1.807, 2.05) is 18.3 Å². The summed E-state index contributed by atoms with van der Waals surface area (Å²) in [7, 11) is 0. The Labute approximate surface area is 253 Å². The number of ether oxygens (including phenoxy) is 2. The van der Waals surface area contributed by atoms with Crippen molar-refractivity contribution >= 4 is 17.9 Å². The number of aryl methyl sites for hydroxylation is 1. The molecule has 2 fully saturated rings. The first-order chi connectivity index (χ1) is 20.6. The van der Waals surface area contributed by atoms with Crippen LogP contribution in [-0.4, -0.2) is 68.1 Å². The first kappa shape index (κ1) is 30.5. The molecule has 3 heterocycles. The van der Waals surface area contributed by atoms with Crippen molar-refractivity contribution in [3.63, 3.8) is 0 Å². The molecule has 3 amide bonds. The fraction of sp³-hybridized carbons (Fsp3) is 0.594. The zero-order valence-electron chi connectivity index (χ0n) is 25.3. The van der Waals surface area contributed by atoms with Crippen LogP contribution < -0.4 is 10.6 Å². The molecule has 1 aromatic heterocycles. The smallest absolute Gasteiger partial charge is 0.408 e. The molecule has 2 saturated heterocycles. The number of amides is 3. The third kappa shape index (κ3) is 7.36. The summed E-state index contributed by atoms with van der Waals surface area (Å²) >= 11 is 0. The van der Waals surface area contributed by atoms with E-state index in [-0.39, 0.29) is 43.2 Å². The van der Waals surface area contributed by atoms with E-state index < -0.39 is 23.8 Å². The maximum absolute atomic E-state index is 14.1. The first-order valence-corrected chi connectivity index (χ1v) is 15.2. The van der Waals surface area contributed by atoms with Gasteiger partial charge in [0.15, 0.2) is 0 Å². The lowest BCUT2D eigenvalue weighted by atomic mass is 9.87. The van der Waals surface area contributed by atoms with Gasteiger partial charge in [0.25, 0.3) is 0 Å². The topological polar surface area (TPSA) is 128 Å². The molecular formula is C32H42N6O5. The van der Waals surface area contributed by atoms with E-state index in [1.165, 1.54) is 5.56 Å². The van der Waals surface area contributed by atoms with Gasteiger partial charge in [-0.25, -0.2) is 9.48 Å². The van der Waals surface area contributed by atoms with Gasteiger partial charge in [-0.2, -0.15) is 0 Å². The highest BCUT2D eigenvalue weighted by molar-refractivity contribution is 5.92. The van der Waals surface area contributed by atoms with Crippen molar-refractivity contribution < 1.29 is 23.9 Å². The van der Waals surface area contributed by atoms with Gasteiger partial charge in [0, 0.05) is 6.04 Å². The van der Waals surface area contributed by atoms with E-state index >= 15 is 0 Å². The van der Waals surface area contributed by atoms with E-state index in [1.54, 1.807) is 30.4 Å². The zero-order chi connectivity index (χ0) is 30.6. The van der Waals surface area contributed by atoms with E-state index in [4.69, 9.17) is 15.9 Å². The van der Waals surface area contributed by atoms with Gasteiger partial charge in [0.05, 0.1) is 24.9 Å². The van der Waals surface area contributed by atoms with E-state index in [0.717, 1.165) is 24.8 Å². The molecule has 1 aliphatic carbocycles. The second-order valence-corrected chi connectivity index (χ2v) is 12.7. The number of nitrogens with one attached hydrogen (secondary N) is 2. The molecule has 11 heteroatoms. The Kier molecular flexibility index (Phi) is 9.35. The van der Waals surface area contributed by atoms with Crippen LogP contribution in [0.2, 0.25) is 0 Å². The molecule has 0 bridgehead atoms. The Balaban J connectivity index is 1.37. The SMILES string of the molecule is C#CCOCc1cn([C@@H]2CC[C@H](NC(=O)OC(C)(C)C)C(=O)N3[C@H](CC[C@H]3C(=O)NC3CCCc4ccccc43)C2)nn1. The zero-order valence-corrected chi connectivity index (χ0v) is 25.3. The third-order valence-electron chi connectivity index (χ3n) is 8.43. The van der Waals surface area contributed by atoms with Crippen LogP contribution in [-0.2, 0) is 32.1 Å². The minimum atomic E-state index is -0.842. The summed E-state index contributed by atoms with van der Waals surface area (Å²) in [5.41, 5.74) is 2.34. The molecule has 2 N–H and O–H groups in total. The largest absolute Gasteiger partial charge is 0.444 e. The fourth-order valence-electron chi connectivity index (χ4n) is 6.57. The van der Waals surface area contributed by atoms with Crippen molar-refractivity contribution in [1.29, 1.82) is 0 Å². The first-order valence-electron chi connectivity index (χ1n) is 15.2. The number of terminal acetylenes is 1. The molecule has 230 valence electrons. The Hall–Kier alpha value is -3.91. The lowest BCUT2D eigenvalue weighted by Gasteiger charge is -2.38. The van der Waals surface area contributed by atoms with Crippen LogP contribution in [0.15, 0.2) is 30.5 Å². The quantitative estimate of drug-likeness (QED) is 0.373. The summed E-state index contributed by atoms with van der Waals surface area (Å²) in [5, 5.41) is 14.7. The van der Waals surface area contributed by atoms with Crippen molar-refractivity contribution in [1.82, 2.24) is 30.5 Å². The van der Waals surface area contributed by atoms with Crippen LogP contribution in [0.4, 0.5) is 4.79 Å². The Morgan fingerprint density at radius 1 is 1.07 bits per heavy atom. The number of carbonyl (C=O) groups is 3. The molecular weight excluding hydrogens is 548 g/mol. The number of fused-ring (bicyclic) bond motifs is 2. The standard InChI is InChI=1S/C32H42N6O5/c1-5-17-42-20-22-19-37(36-35-22)23-13-15-27(34-31(41)43-32(2,3)4)30(40)38-24(18-23)14-16-28(38)29(39)33-26-12-8-10-21-9-6-7-11-25(21)26/h1,6-7,9,11,19,23-24,26-28H,8,10,12-18,20H2,2-4H3,(H,33,39)(H,34,41)/t23-,24-,26?,27+,28+/m1/s1. The molecule has 0 saturated carbocycles. The summed E-state index contributed by atoms with van der Waals surface area (Å²) in [6.45, 7) is 5.76. The summed E-state index contributed by atoms with van der Waals surface area (Å²) in [5.74, 6) is 2.03. The molecule has 2 aromatic rings. The third-order valence-corrected chi connectivity index (χ3v) is 8.43. The number of hydrogen-bond donors (Lipinski definition) is 2. The number of nitrogens with zero attached hydrogens (tertiary/aromatic N) is 4. The monoisotopic (exact) mass is 590 g/mol.